The van der Waals surface area contributed by atoms with E-state index in [9.17, 15) is 4.79 Å². The van der Waals surface area contributed by atoms with Crippen LogP contribution in [0.5, 0.6) is 5.75 Å². The molecule has 3 heteroatoms. The lowest BCUT2D eigenvalue weighted by Gasteiger charge is -2.10. The van der Waals surface area contributed by atoms with Crippen molar-refractivity contribution in [1.29, 1.82) is 0 Å². The van der Waals surface area contributed by atoms with Gasteiger partial charge in [0.25, 0.3) is 0 Å². The Hall–Kier alpha value is -1.51. The molecule has 0 unspecified atom stereocenters. The van der Waals surface area contributed by atoms with Gasteiger partial charge in [0.15, 0.2) is 0 Å². The van der Waals surface area contributed by atoms with E-state index in [0.29, 0.717) is 12.5 Å². The van der Waals surface area contributed by atoms with E-state index in [4.69, 9.17) is 4.74 Å². The second kappa shape index (κ2) is 5.42. The molecular weight excluding hydrogens is 226 g/mol. The molecular formula is C15H21NO2. The number of rotatable bonds is 5. The summed E-state index contributed by atoms with van der Waals surface area (Å²) < 4.78 is 5.32. The molecule has 2 rings (SSSR count). The third kappa shape index (κ3) is 3.03. The van der Waals surface area contributed by atoms with Crippen molar-refractivity contribution in [3.63, 3.8) is 0 Å². The van der Waals surface area contributed by atoms with Crippen LogP contribution in [0.3, 0.4) is 0 Å². The summed E-state index contributed by atoms with van der Waals surface area (Å²) in [6.45, 7) is 4.86. The first kappa shape index (κ1) is 12.9. The standard InChI is InChI=1S/C15H21NO2/c1-10-4-5-14(18-3)12(8-10)6-7-16-15(17)13-9-11(13)2/h4-5,8,11,13H,6-7,9H2,1-3H3,(H,16,17)/t11-,13+/m0/s1. The number of benzene rings is 1. The van der Waals surface area contributed by atoms with Gasteiger partial charge in [0.2, 0.25) is 5.91 Å². The Morgan fingerprint density at radius 2 is 2.22 bits per heavy atom. The molecule has 0 heterocycles. The lowest BCUT2D eigenvalue weighted by molar-refractivity contribution is -0.122. The highest BCUT2D eigenvalue weighted by Gasteiger charge is 2.38. The number of ether oxygens (including phenoxy) is 1. The highest BCUT2D eigenvalue weighted by molar-refractivity contribution is 5.81. The van der Waals surface area contributed by atoms with E-state index in [1.165, 1.54) is 5.56 Å². The van der Waals surface area contributed by atoms with E-state index < -0.39 is 0 Å². The molecule has 1 aliphatic carbocycles. The molecule has 0 saturated heterocycles. The second-order valence-corrected chi connectivity index (χ2v) is 5.18. The van der Waals surface area contributed by atoms with E-state index in [0.717, 1.165) is 24.2 Å². The lowest BCUT2D eigenvalue weighted by Crippen LogP contribution is -2.27. The van der Waals surface area contributed by atoms with E-state index in [-0.39, 0.29) is 11.8 Å². The maximum absolute atomic E-state index is 11.7. The fourth-order valence-electron chi connectivity index (χ4n) is 2.24. The van der Waals surface area contributed by atoms with Crippen LogP contribution in [0.4, 0.5) is 0 Å². The van der Waals surface area contributed by atoms with Gasteiger partial charge in [0, 0.05) is 12.5 Å². The Morgan fingerprint density at radius 3 is 2.83 bits per heavy atom. The topological polar surface area (TPSA) is 38.3 Å². The molecule has 1 aromatic carbocycles. The fraction of sp³-hybridized carbons (Fsp3) is 0.533. The zero-order valence-electron chi connectivity index (χ0n) is 11.3. The quantitative estimate of drug-likeness (QED) is 0.867. The molecule has 2 atom stereocenters. The fourth-order valence-corrected chi connectivity index (χ4v) is 2.24. The van der Waals surface area contributed by atoms with Crippen LogP contribution >= 0.6 is 0 Å². The van der Waals surface area contributed by atoms with Gasteiger partial charge in [-0.15, -0.1) is 0 Å². The number of aryl methyl sites for hydroxylation is 1. The minimum absolute atomic E-state index is 0.203. The first-order valence-corrected chi connectivity index (χ1v) is 6.53. The number of hydrogen-bond donors (Lipinski definition) is 1. The SMILES string of the molecule is COc1ccc(C)cc1CCNC(=O)[C@@H]1C[C@@H]1C. The maximum atomic E-state index is 11.7. The van der Waals surface area contributed by atoms with Crippen molar-refractivity contribution in [2.24, 2.45) is 11.8 Å². The van der Waals surface area contributed by atoms with Gasteiger partial charge in [-0.1, -0.05) is 24.6 Å². The van der Waals surface area contributed by atoms with Gasteiger partial charge in [0.1, 0.15) is 5.75 Å². The number of amides is 1. The predicted octanol–water partition coefficient (Wildman–Crippen LogP) is 2.32. The molecule has 0 aliphatic heterocycles. The molecule has 1 aromatic rings. The average molecular weight is 247 g/mol. The largest absolute Gasteiger partial charge is 0.496 e. The van der Waals surface area contributed by atoms with Crippen molar-refractivity contribution in [3.8, 4) is 5.75 Å². The summed E-state index contributed by atoms with van der Waals surface area (Å²) in [5.41, 5.74) is 2.37. The van der Waals surface area contributed by atoms with Crippen LogP contribution in [0.15, 0.2) is 18.2 Å². The van der Waals surface area contributed by atoms with Crippen LogP contribution < -0.4 is 10.1 Å². The van der Waals surface area contributed by atoms with Crippen molar-refractivity contribution in [2.45, 2.75) is 26.7 Å². The number of nitrogens with one attached hydrogen (secondary N) is 1. The predicted molar refractivity (Wildman–Crippen MR) is 71.7 cm³/mol. The normalized spacial score (nSPS) is 21.5. The summed E-state index contributed by atoms with van der Waals surface area (Å²) in [6.07, 6.45) is 1.86. The molecule has 1 N–H and O–H groups in total. The van der Waals surface area contributed by atoms with Crippen molar-refractivity contribution >= 4 is 5.91 Å². The monoisotopic (exact) mass is 247 g/mol. The van der Waals surface area contributed by atoms with Crippen LogP contribution in [0.25, 0.3) is 0 Å². The van der Waals surface area contributed by atoms with Crippen LogP contribution in [-0.4, -0.2) is 19.6 Å². The summed E-state index contributed by atoms with van der Waals surface area (Å²) in [5.74, 6) is 1.92. The molecule has 1 amide bonds. The van der Waals surface area contributed by atoms with Gasteiger partial charge in [0.05, 0.1) is 7.11 Å². The lowest BCUT2D eigenvalue weighted by atomic mass is 10.1. The van der Waals surface area contributed by atoms with E-state index in [1.807, 2.05) is 12.1 Å². The van der Waals surface area contributed by atoms with Crippen LogP contribution in [0.2, 0.25) is 0 Å². The number of methoxy groups -OCH3 is 1. The first-order valence-electron chi connectivity index (χ1n) is 6.53. The summed E-state index contributed by atoms with van der Waals surface area (Å²) in [5, 5.41) is 3.00. The van der Waals surface area contributed by atoms with Crippen LogP contribution in [0, 0.1) is 18.8 Å². The molecule has 3 nitrogen and oxygen atoms in total. The summed E-state index contributed by atoms with van der Waals surface area (Å²) in [4.78, 5) is 11.7. The Morgan fingerprint density at radius 1 is 1.50 bits per heavy atom. The highest BCUT2D eigenvalue weighted by atomic mass is 16.5. The Balaban J connectivity index is 1.86. The maximum Gasteiger partial charge on any atom is 0.223 e. The first-order chi connectivity index (χ1) is 8.61. The van der Waals surface area contributed by atoms with Gasteiger partial charge < -0.3 is 10.1 Å². The van der Waals surface area contributed by atoms with Crippen molar-refractivity contribution in [2.75, 3.05) is 13.7 Å². The molecule has 1 aliphatic rings. The molecule has 1 fully saturated rings. The van der Waals surface area contributed by atoms with Crippen LogP contribution in [0.1, 0.15) is 24.5 Å². The van der Waals surface area contributed by atoms with Gasteiger partial charge in [-0.2, -0.15) is 0 Å². The minimum atomic E-state index is 0.203. The molecule has 98 valence electrons. The Bertz CT molecular complexity index is 442. The number of carbonyl (C=O) groups is 1. The zero-order chi connectivity index (χ0) is 13.1. The summed E-state index contributed by atoms with van der Waals surface area (Å²) in [6, 6.07) is 6.13. The van der Waals surface area contributed by atoms with E-state index in [1.54, 1.807) is 7.11 Å². The van der Waals surface area contributed by atoms with Crippen molar-refractivity contribution in [3.05, 3.63) is 29.3 Å². The summed E-state index contributed by atoms with van der Waals surface area (Å²) in [7, 11) is 1.68. The van der Waals surface area contributed by atoms with E-state index >= 15 is 0 Å². The molecule has 0 aromatic heterocycles. The smallest absolute Gasteiger partial charge is 0.223 e. The zero-order valence-corrected chi connectivity index (χ0v) is 11.3. The third-order valence-electron chi connectivity index (χ3n) is 3.58. The van der Waals surface area contributed by atoms with E-state index in [2.05, 4.69) is 25.2 Å². The van der Waals surface area contributed by atoms with Crippen molar-refractivity contribution < 1.29 is 9.53 Å². The average Bonchev–Trinajstić information content (AvgIpc) is 3.07. The molecule has 18 heavy (non-hydrogen) atoms. The summed E-state index contributed by atoms with van der Waals surface area (Å²) >= 11 is 0. The van der Waals surface area contributed by atoms with Gasteiger partial charge in [-0.3, -0.25) is 4.79 Å². The molecule has 0 radical (unpaired) electrons. The number of carbonyl (C=O) groups excluding carboxylic acids is 1. The molecule has 1 saturated carbocycles. The number of hydrogen-bond acceptors (Lipinski definition) is 2. The van der Waals surface area contributed by atoms with Crippen LogP contribution in [-0.2, 0) is 11.2 Å². The van der Waals surface area contributed by atoms with Gasteiger partial charge >= 0.3 is 0 Å². The third-order valence-corrected chi connectivity index (χ3v) is 3.58. The Kier molecular flexibility index (Phi) is 3.90. The molecule has 0 bridgehead atoms. The Labute approximate surface area is 109 Å². The molecule has 0 spiro atoms. The van der Waals surface area contributed by atoms with Gasteiger partial charge in [-0.05, 0) is 37.3 Å². The van der Waals surface area contributed by atoms with Gasteiger partial charge in [-0.25, -0.2) is 0 Å². The van der Waals surface area contributed by atoms with Crippen molar-refractivity contribution in [1.82, 2.24) is 5.32 Å². The minimum Gasteiger partial charge on any atom is -0.496 e. The second-order valence-electron chi connectivity index (χ2n) is 5.18. The highest BCUT2D eigenvalue weighted by Crippen LogP contribution is 2.37.